The Bertz CT molecular complexity index is 921. The van der Waals surface area contributed by atoms with Crippen molar-refractivity contribution in [2.24, 2.45) is 5.92 Å². The third-order valence-corrected chi connectivity index (χ3v) is 6.60. The van der Waals surface area contributed by atoms with E-state index in [4.69, 9.17) is 25.6 Å². The van der Waals surface area contributed by atoms with Crippen LogP contribution in [0.15, 0.2) is 42.5 Å². The molecule has 0 radical (unpaired) electrons. The van der Waals surface area contributed by atoms with Crippen LogP contribution in [0.25, 0.3) is 0 Å². The lowest BCUT2D eigenvalue weighted by Crippen LogP contribution is -2.63. The SMILES string of the molecule is C#CC1N2CCC(CC2)C1(O)c1ccc(OCCOCCOC)nc1Cc1ccccc1. The highest BCUT2D eigenvalue weighted by Crippen LogP contribution is 2.47. The third kappa shape index (κ3) is 4.67. The second-order valence-corrected chi connectivity index (χ2v) is 8.46. The number of nitrogens with zero attached hydrogens (tertiary/aromatic N) is 2. The summed E-state index contributed by atoms with van der Waals surface area (Å²) in [6.07, 6.45) is 8.41. The molecule has 3 saturated heterocycles. The molecule has 0 amide bonds. The molecule has 1 aromatic carbocycles. The number of pyridine rings is 1. The first-order valence-electron chi connectivity index (χ1n) is 11.3. The van der Waals surface area contributed by atoms with E-state index in [-0.39, 0.29) is 12.0 Å². The topological polar surface area (TPSA) is 64.1 Å². The number of benzene rings is 1. The van der Waals surface area contributed by atoms with E-state index in [1.807, 2.05) is 30.3 Å². The van der Waals surface area contributed by atoms with E-state index < -0.39 is 5.60 Å². The first-order valence-corrected chi connectivity index (χ1v) is 11.3. The zero-order valence-electron chi connectivity index (χ0n) is 18.7. The molecule has 3 fully saturated rings. The molecule has 0 spiro atoms. The van der Waals surface area contributed by atoms with E-state index in [9.17, 15) is 5.11 Å². The number of hydrogen-bond donors (Lipinski definition) is 1. The number of rotatable bonds is 10. The van der Waals surface area contributed by atoms with Crippen LogP contribution in [-0.4, -0.2) is 67.7 Å². The summed E-state index contributed by atoms with van der Waals surface area (Å²) < 4.78 is 16.3. The van der Waals surface area contributed by atoms with Gasteiger partial charge in [0.2, 0.25) is 5.88 Å². The summed E-state index contributed by atoms with van der Waals surface area (Å²) in [6, 6.07) is 13.6. The Kier molecular flexibility index (Phi) is 7.44. The van der Waals surface area contributed by atoms with Gasteiger partial charge >= 0.3 is 0 Å². The fourth-order valence-electron chi connectivity index (χ4n) is 5.00. The smallest absolute Gasteiger partial charge is 0.213 e. The third-order valence-electron chi connectivity index (χ3n) is 6.60. The van der Waals surface area contributed by atoms with Crippen LogP contribution in [0.3, 0.4) is 0 Å². The first kappa shape index (κ1) is 22.8. The van der Waals surface area contributed by atoms with Crippen LogP contribution in [0, 0.1) is 18.3 Å². The predicted octanol–water partition coefficient (Wildman–Crippen LogP) is 2.63. The minimum atomic E-state index is -1.11. The summed E-state index contributed by atoms with van der Waals surface area (Å²) in [4.78, 5) is 7.06. The van der Waals surface area contributed by atoms with Crippen molar-refractivity contribution < 1.29 is 19.3 Å². The van der Waals surface area contributed by atoms with Crippen LogP contribution >= 0.6 is 0 Å². The summed E-state index contributed by atoms with van der Waals surface area (Å²) in [5, 5.41) is 12.0. The largest absolute Gasteiger partial charge is 0.475 e. The normalized spacial score (nSPS) is 26.6. The van der Waals surface area contributed by atoms with Crippen LogP contribution in [0.1, 0.15) is 29.7 Å². The molecule has 3 aliphatic heterocycles. The quantitative estimate of drug-likeness (QED) is 0.456. The Morgan fingerprint density at radius 2 is 1.84 bits per heavy atom. The fraction of sp³-hybridized carbons (Fsp3) is 0.500. The Balaban J connectivity index is 1.60. The van der Waals surface area contributed by atoms with Crippen LogP contribution in [0.4, 0.5) is 0 Å². The van der Waals surface area contributed by atoms with Crippen molar-refractivity contribution >= 4 is 0 Å². The van der Waals surface area contributed by atoms with Gasteiger partial charge < -0.3 is 19.3 Å². The summed E-state index contributed by atoms with van der Waals surface area (Å²) >= 11 is 0. The first-order chi connectivity index (χ1) is 15.7. The minimum absolute atomic E-state index is 0.130. The van der Waals surface area contributed by atoms with Crippen LogP contribution in [0.5, 0.6) is 5.88 Å². The Morgan fingerprint density at radius 1 is 1.09 bits per heavy atom. The Labute approximate surface area is 190 Å². The highest BCUT2D eigenvalue weighted by molar-refractivity contribution is 5.39. The molecular formula is C26H32N2O4. The van der Waals surface area contributed by atoms with Gasteiger partial charge in [-0.3, -0.25) is 4.90 Å². The maximum atomic E-state index is 12.0. The van der Waals surface area contributed by atoms with Crippen molar-refractivity contribution in [3.63, 3.8) is 0 Å². The van der Waals surface area contributed by atoms with Crippen molar-refractivity contribution in [1.29, 1.82) is 0 Å². The van der Waals surface area contributed by atoms with Crippen molar-refractivity contribution in [1.82, 2.24) is 9.88 Å². The fourth-order valence-corrected chi connectivity index (χ4v) is 5.00. The van der Waals surface area contributed by atoms with E-state index in [1.165, 1.54) is 0 Å². The molecule has 32 heavy (non-hydrogen) atoms. The Morgan fingerprint density at radius 3 is 2.56 bits per heavy atom. The summed E-state index contributed by atoms with van der Waals surface area (Å²) in [5.74, 6) is 3.53. The minimum Gasteiger partial charge on any atom is -0.475 e. The van der Waals surface area contributed by atoms with E-state index >= 15 is 0 Å². The van der Waals surface area contributed by atoms with E-state index in [1.54, 1.807) is 7.11 Å². The molecule has 2 bridgehead atoms. The maximum Gasteiger partial charge on any atom is 0.213 e. The molecule has 6 heteroatoms. The van der Waals surface area contributed by atoms with Crippen LogP contribution < -0.4 is 4.74 Å². The molecule has 1 N–H and O–H groups in total. The van der Waals surface area contributed by atoms with Gasteiger partial charge in [-0.1, -0.05) is 36.3 Å². The molecule has 0 saturated carbocycles. The van der Waals surface area contributed by atoms with E-state index in [0.29, 0.717) is 38.7 Å². The van der Waals surface area contributed by atoms with Crippen LogP contribution in [-0.2, 0) is 21.5 Å². The van der Waals surface area contributed by atoms with Crippen LogP contribution in [0.2, 0.25) is 0 Å². The van der Waals surface area contributed by atoms with E-state index in [0.717, 1.165) is 42.8 Å². The van der Waals surface area contributed by atoms with E-state index in [2.05, 4.69) is 23.0 Å². The lowest BCUT2D eigenvalue weighted by atomic mass is 9.66. The van der Waals surface area contributed by atoms with Gasteiger partial charge in [0.25, 0.3) is 0 Å². The molecule has 3 aliphatic rings. The van der Waals surface area contributed by atoms with Crippen molar-refractivity contribution in [3.8, 4) is 18.2 Å². The van der Waals surface area contributed by atoms with Crippen molar-refractivity contribution in [2.45, 2.75) is 30.9 Å². The summed E-state index contributed by atoms with van der Waals surface area (Å²) in [7, 11) is 1.65. The summed E-state index contributed by atoms with van der Waals surface area (Å²) in [5.41, 5.74) is 1.65. The number of fused-ring (bicyclic) bond motifs is 3. The van der Waals surface area contributed by atoms with Crippen molar-refractivity contribution in [3.05, 3.63) is 59.3 Å². The standard InChI is InChI=1S/C26H32N2O4/c1-3-24-26(29,21-11-13-28(24)14-12-21)22-9-10-25(32-18-17-31-16-15-30-2)27-23(22)19-20-7-5-4-6-8-20/h1,4-10,21,24,29H,11-19H2,2H3. The molecule has 2 atom stereocenters. The highest BCUT2D eigenvalue weighted by atomic mass is 16.5. The predicted molar refractivity (Wildman–Crippen MR) is 122 cm³/mol. The molecular weight excluding hydrogens is 404 g/mol. The van der Waals surface area contributed by atoms with Crippen molar-refractivity contribution in [2.75, 3.05) is 46.6 Å². The number of aromatic nitrogens is 1. The number of methoxy groups -OCH3 is 1. The molecule has 2 aromatic rings. The average molecular weight is 437 g/mol. The highest BCUT2D eigenvalue weighted by Gasteiger charge is 2.54. The zero-order valence-corrected chi connectivity index (χ0v) is 18.7. The number of aliphatic hydroxyl groups is 1. The number of terminal acetylenes is 1. The molecule has 2 unspecified atom stereocenters. The molecule has 4 heterocycles. The lowest BCUT2D eigenvalue weighted by Gasteiger charge is -2.54. The molecule has 170 valence electrons. The summed E-state index contributed by atoms with van der Waals surface area (Å²) in [6.45, 7) is 3.82. The molecule has 6 nitrogen and oxygen atoms in total. The van der Waals surface area contributed by atoms with Gasteiger partial charge in [0.05, 0.1) is 25.5 Å². The van der Waals surface area contributed by atoms with Gasteiger partial charge in [-0.05, 0) is 43.5 Å². The number of ether oxygens (including phenoxy) is 3. The average Bonchev–Trinajstić information content (AvgIpc) is 2.83. The number of piperidine rings is 3. The van der Waals surface area contributed by atoms with Gasteiger partial charge in [-0.25, -0.2) is 4.98 Å². The second kappa shape index (κ2) is 10.5. The Hall–Kier alpha value is -2.43. The molecule has 5 rings (SSSR count). The van der Waals surface area contributed by atoms with Gasteiger partial charge in [0, 0.05) is 25.2 Å². The molecule has 1 aromatic heterocycles. The number of hydrogen-bond acceptors (Lipinski definition) is 6. The van der Waals surface area contributed by atoms with Gasteiger partial charge in [-0.15, -0.1) is 6.42 Å². The lowest BCUT2D eigenvalue weighted by molar-refractivity contribution is -0.143. The zero-order chi connectivity index (χ0) is 22.4. The van der Waals surface area contributed by atoms with Gasteiger partial charge in [-0.2, -0.15) is 0 Å². The van der Waals surface area contributed by atoms with Gasteiger partial charge in [0.1, 0.15) is 18.2 Å². The van der Waals surface area contributed by atoms with Gasteiger partial charge in [0.15, 0.2) is 0 Å². The monoisotopic (exact) mass is 436 g/mol. The second-order valence-electron chi connectivity index (χ2n) is 8.46. The molecule has 0 aliphatic carbocycles. The maximum absolute atomic E-state index is 12.0.